The molecule has 132 valence electrons. The van der Waals surface area contributed by atoms with Crippen molar-refractivity contribution in [1.29, 1.82) is 0 Å². The van der Waals surface area contributed by atoms with Crippen LogP contribution in [-0.4, -0.2) is 23.3 Å². The van der Waals surface area contributed by atoms with Gasteiger partial charge in [0.05, 0.1) is 21.4 Å². The van der Waals surface area contributed by atoms with E-state index in [1.54, 1.807) is 36.0 Å². The number of rotatable bonds is 8. The number of benzene rings is 2. The van der Waals surface area contributed by atoms with Crippen LogP contribution in [0.1, 0.15) is 12.8 Å². The summed E-state index contributed by atoms with van der Waals surface area (Å²) in [7, 11) is 0. The lowest BCUT2D eigenvalue weighted by Gasteiger charge is -2.08. The minimum atomic E-state index is -0.0962. The molecule has 4 nitrogen and oxygen atoms in total. The van der Waals surface area contributed by atoms with Crippen molar-refractivity contribution in [3.05, 3.63) is 58.6 Å². The lowest BCUT2D eigenvalue weighted by molar-refractivity contribution is -0.116. The number of hydrogen-bond acceptors (Lipinski definition) is 3. The minimum absolute atomic E-state index is 0.0962. The molecule has 2 N–H and O–H groups in total. The van der Waals surface area contributed by atoms with Crippen LogP contribution < -0.4 is 10.6 Å². The van der Waals surface area contributed by atoms with Gasteiger partial charge in [0.2, 0.25) is 11.8 Å². The van der Waals surface area contributed by atoms with Crippen LogP contribution in [0.5, 0.6) is 0 Å². The average Bonchev–Trinajstić information content (AvgIpc) is 2.59. The number of hydrogen-bond donors (Lipinski definition) is 2. The Bertz CT molecular complexity index is 679. The van der Waals surface area contributed by atoms with E-state index >= 15 is 0 Å². The van der Waals surface area contributed by atoms with Crippen molar-refractivity contribution in [2.75, 3.05) is 22.1 Å². The second-order valence-corrected chi connectivity index (χ2v) is 7.21. The number of thioether (sulfide) groups is 1. The molecule has 0 aliphatic carbocycles. The van der Waals surface area contributed by atoms with Gasteiger partial charge in [0.15, 0.2) is 0 Å². The number of anilines is 2. The summed E-state index contributed by atoms with van der Waals surface area (Å²) < 4.78 is 0. The maximum absolute atomic E-state index is 11.9. The van der Waals surface area contributed by atoms with Gasteiger partial charge in [0.1, 0.15) is 0 Å². The highest BCUT2D eigenvalue weighted by molar-refractivity contribution is 7.99. The molecule has 0 heterocycles. The van der Waals surface area contributed by atoms with E-state index in [0.717, 1.165) is 0 Å². The third-order valence-corrected chi connectivity index (χ3v) is 4.89. The molecule has 0 unspecified atom stereocenters. The van der Waals surface area contributed by atoms with Gasteiger partial charge in [0, 0.05) is 24.3 Å². The zero-order valence-corrected chi connectivity index (χ0v) is 15.8. The second-order valence-electron chi connectivity index (χ2n) is 5.17. The highest BCUT2D eigenvalue weighted by Gasteiger charge is 2.07. The van der Waals surface area contributed by atoms with Crippen molar-refractivity contribution in [2.45, 2.75) is 12.8 Å². The first-order chi connectivity index (χ1) is 12.1. The van der Waals surface area contributed by atoms with Crippen LogP contribution in [0, 0.1) is 0 Å². The summed E-state index contributed by atoms with van der Waals surface area (Å²) in [6.45, 7) is 0. The summed E-state index contributed by atoms with van der Waals surface area (Å²) in [6.07, 6.45) is 0.726. The smallest absolute Gasteiger partial charge is 0.225 e. The average molecular weight is 397 g/mol. The molecular weight excluding hydrogens is 379 g/mol. The van der Waals surface area contributed by atoms with Crippen LogP contribution in [0.3, 0.4) is 0 Å². The van der Waals surface area contributed by atoms with Crippen LogP contribution >= 0.6 is 35.0 Å². The predicted octanol–water partition coefficient (Wildman–Crippen LogP) is 5.08. The molecule has 2 amide bonds. The Morgan fingerprint density at radius 1 is 0.760 bits per heavy atom. The van der Waals surface area contributed by atoms with E-state index in [9.17, 15) is 9.59 Å². The molecule has 2 rings (SSSR count). The van der Waals surface area contributed by atoms with Gasteiger partial charge in [0.25, 0.3) is 0 Å². The van der Waals surface area contributed by atoms with Crippen LogP contribution in [0.25, 0.3) is 0 Å². The standard InChI is InChI=1S/C18H18Cl2N2O2S/c19-13-5-1-3-7-15(13)21-17(23)9-11-25-12-10-18(24)22-16-8-4-2-6-14(16)20/h1-8H,9-12H2,(H,21,23)(H,22,24). The Balaban J connectivity index is 1.61. The topological polar surface area (TPSA) is 58.2 Å². The van der Waals surface area contributed by atoms with E-state index in [4.69, 9.17) is 23.2 Å². The Morgan fingerprint density at radius 2 is 1.16 bits per heavy atom. The fraction of sp³-hybridized carbons (Fsp3) is 0.222. The Hall–Kier alpha value is -1.69. The number of halogens is 2. The number of carbonyl (C=O) groups excluding carboxylic acids is 2. The van der Waals surface area contributed by atoms with Crippen molar-refractivity contribution >= 4 is 58.2 Å². The zero-order valence-electron chi connectivity index (χ0n) is 13.4. The van der Waals surface area contributed by atoms with Gasteiger partial charge in [-0.1, -0.05) is 47.5 Å². The van der Waals surface area contributed by atoms with Crippen LogP contribution in [0.4, 0.5) is 11.4 Å². The zero-order chi connectivity index (χ0) is 18.1. The van der Waals surface area contributed by atoms with Crippen LogP contribution in [0.2, 0.25) is 10.0 Å². The quantitative estimate of drug-likeness (QED) is 0.611. The first-order valence-corrected chi connectivity index (χ1v) is 9.64. The third-order valence-electron chi connectivity index (χ3n) is 3.24. The van der Waals surface area contributed by atoms with Crippen molar-refractivity contribution in [1.82, 2.24) is 0 Å². The molecule has 2 aromatic rings. The summed E-state index contributed by atoms with van der Waals surface area (Å²) in [5, 5.41) is 6.57. The number of nitrogens with one attached hydrogen (secondary N) is 2. The van der Waals surface area contributed by atoms with Gasteiger partial charge < -0.3 is 10.6 Å². The summed E-state index contributed by atoms with van der Waals surface area (Å²) >= 11 is 13.5. The highest BCUT2D eigenvalue weighted by Crippen LogP contribution is 2.21. The first-order valence-electron chi connectivity index (χ1n) is 7.73. The van der Waals surface area contributed by atoms with Crippen molar-refractivity contribution in [3.8, 4) is 0 Å². The Morgan fingerprint density at radius 3 is 1.56 bits per heavy atom. The Kier molecular flexibility index (Phi) is 8.12. The van der Waals surface area contributed by atoms with Crippen LogP contribution in [-0.2, 0) is 9.59 Å². The van der Waals surface area contributed by atoms with Gasteiger partial charge in [-0.15, -0.1) is 0 Å². The molecule has 0 radical (unpaired) electrons. The summed E-state index contributed by atoms with van der Waals surface area (Å²) in [5.41, 5.74) is 1.22. The molecule has 0 spiro atoms. The molecule has 7 heteroatoms. The SMILES string of the molecule is O=C(CCSCCC(=O)Nc1ccccc1Cl)Nc1ccccc1Cl. The van der Waals surface area contributed by atoms with E-state index < -0.39 is 0 Å². The Labute approximate surface area is 161 Å². The predicted molar refractivity (Wildman–Crippen MR) is 107 cm³/mol. The molecule has 0 bridgehead atoms. The van der Waals surface area contributed by atoms with Crippen molar-refractivity contribution in [3.63, 3.8) is 0 Å². The van der Waals surface area contributed by atoms with E-state index in [-0.39, 0.29) is 11.8 Å². The molecule has 0 atom stereocenters. The summed E-state index contributed by atoms with van der Waals surface area (Å²) in [4.78, 5) is 23.7. The van der Waals surface area contributed by atoms with E-state index in [1.165, 1.54) is 0 Å². The number of para-hydroxylation sites is 2. The normalized spacial score (nSPS) is 10.3. The van der Waals surface area contributed by atoms with Gasteiger partial charge in [-0.05, 0) is 24.3 Å². The summed E-state index contributed by atoms with van der Waals surface area (Å²) in [5.74, 6) is 1.08. The van der Waals surface area contributed by atoms with Gasteiger partial charge in [-0.25, -0.2) is 0 Å². The van der Waals surface area contributed by atoms with E-state index in [2.05, 4.69) is 10.6 Å². The maximum atomic E-state index is 11.9. The fourth-order valence-corrected chi connectivity index (χ4v) is 3.21. The minimum Gasteiger partial charge on any atom is -0.325 e. The number of amides is 2. The molecule has 0 aromatic heterocycles. The molecule has 25 heavy (non-hydrogen) atoms. The van der Waals surface area contributed by atoms with Crippen molar-refractivity contribution in [2.24, 2.45) is 0 Å². The molecule has 0 saturated heterocycles. The lowest BCUT2D eigenvalue weighted by Crippen LogP contribution is -2.14. The monoisotopic (exact) mass is 396 g/mol. The highest BCUT2D eigenvalue weighted by atomic mass is 35.5. The van der Waals surface area contributed by atoms with Gasteiger partial charge >= 0.3 is 0 Å². The van der Waals surface area contributed by atoms with Gasteiger partial charge in [-0.2, -0.15) is 11.8 Å². The molecular formula is C18H18Cl2N2O2S. The molecule has 0 saturated carbocycles. The summed E-state index contributed by atoms with van der Waals surface area (Å²) in [6, 6.07) is 14.2. The van der Waals surface area contributed by atoms with Crippen LogP contribution in [0.15, 0.2) is 48.5 Å². The third kappa shape index (κ3) is 6.98. The fourth-order valence-electron chi connectivity index (χ4n) is 1.98. The molecule has 0 aliphatic heterocycles. The molecule has 2 aromatic carbocycles. The van der Waals surface area contributed by atoms with E-state index in [0.29, 0.717) is 45.8 Å². The lowest BCUT2D eigenvalue weighted by atomic mass is 10.3. The second kappa shape index (κ2) is 10.3. The first kappa shape index (κ1) is 19.6. The van der Waals surface area contributed by atoms with Crippen molar-refractivity contribution < 1.29 is 9.59 Å². The van der Waals surface area contributed by atoms with E-state index in [1.807, 2.05) is 24.3 Å². The maximum Gasteiger partial charge on any atom is 0.225 e. The molecule has 0 aliphatic rings. The number of carbonyl (C=O) groups is 2. The largest absolute Gasteiger partial charge is 0.325 e. The van der Waals surface area contributed by atoms with Gasteiger partial charge in [-0.3, -0.25) is 9.59 Å². The molecule has 0 fully saturated rings.